The molecule has 0 saturated carbocycles. The largest absolute Gasteiger partial charge is 0.394 e. The summed E-state index contributed by atoms with van der Waals surface area (Å²) in [4.78, 5) is 135. The molecule has 0 aliphatic carbocycles. The van der Waals surface area contributed by atoms with E-state index in [2.05, 4.69) is 47.5 Å². The minimum Gasteiger partial charge on any atom is -0.394 e. The molecule has 70 heavy (non-hydrogen) atoms. The first-order valence-corrected chi connectivity index (χ1v) is 22.7. The first kappa shape index (κ1) is 56.7. The van der Waals surface area contributed by atoms with Crippen molar-refractivity contribution >= 4 is 65.0 Å². The predicted molar refractivity (Wildman–Crippen MR) is 254 cm³/mol. The minimum absolute atomic E-state index is 0.0528. The number of aliphatic hydroxyl groups is 1. The average molecular weight is 979 g/mol. The van der Waals surface area contributed by atoms with Gasteiger partial charge in [-0.1, -0.05) is 60.7 Å². The molecule has 25 nitrogen and oxygen atoms in total. The summed E-state index contributed by atoms with van der Waals surface area (Å²) in [7, 11) is 0. The first-order chi connectivity index (χ1) is 33.2. The van der Waals surface area contributed by atoms with Gasteiger partial charge >= 0.3 is 0 Å². The van der Waals surface area contributed by atoms with Crippen molar-refractivity contribution in [3.8, 4) is 0 Å². The maximum atomic E-state index is 14.0. The highest BCUT2D eigenvalue weighted by atomic mass is 16.3. The number of nitrogens with two attached hydrogens (primary N) is 4. The SMILES string of the molecule is CC(N)C(=O)NC(C)C(=O)N1CCCC1C(=O)NC(CO)C(=O)NCC(=O)NC(Cc1ccccc1)C(=O)NC(Cc1ccccc1)C(=O)NCC(=O)NC(C)C(=O)NC(CCCN=C(N)N)C(N)=O. The Morgan fingerprint density at radius 1 is 0.643 bits per heavy atom. The van der Waals surface area contributed by atoms with Crippen molar-refractivity contribution in [2.45, 2.75) is 108 Å². The third-order valence-electron chi connectivity index (χ3n) is 10.9. The maximum absolute atomic E-state index is 14.0. The Bertz CT molecular complexity index is 2180. The molecule has 1 heterocycles. The summed E-state index contributed by atoms with van der Waals surface area (Å²) in [5, 5.41) is 29.8. The Kier molecular flexibility index (Phi) is 23.2. The van der Waals surface area contributed by atoms with Gasteiger partial charge in [-0.05, 0) is 57.6 Å². The number of carbonyl (C=O) groups is 10. The maximum Gasteiger partial charge on any atom is 0.245 e. The number of hydrogen-bond donors (Lipinski definition) is 13. The van der Waals surface area contributed by atoms with Crippen LogP contribution in [-0.4, -0.2) is 156 Å². The third-order valence-corrected chi connectivity index (χ3v) is 10.9. The molecule has 2 aromatic carbocycles. The molecular weight excluding hydrogens is 913 g/mol. The number of nitrogens with one attached hydrogen (secondary N) is 8. The van der Waals surface area contributed by atoms with Crippen LogP contribution in [0.3, 0.4) is 0 Å². The van der Waals surface area contributed by atoms with E-state index >= 15 is 0 Å². The molecule has 1 aliphatic rings. The zero-order valence-corrected chi connectivity index (χ0v) is 39.4. The summed E-state index contributed by atoms with van der Waals surface area (Å²) in [6.07, 6.45) is 1.01. The molecule has 0 radical (unpaired) electrons. The summed E-state index contributed by atoms with van der Waals surface area (Å²) in [5.41, 5.74) is 22.9. The van der Waals surface area contributed by atoms with E-state index < -0.39 is 127 Å². The second-order valence-electron chi connectivity index (χ2n) is 16.7. The van der Waals surface area contributed by atoms with Crippen LogP contribution in [-0.2, 0) is 60.8 Å². The molecule has 8 atom stereocenters. The van der Waals surface area contributed by atoms with Gasteiger partial charge in [0.1, 0.15) is 42.3 Å². The van der Waals surface area contributed by atoms with Crippen molar-refractivity contribution in [1.29, 1.82) is 0 Å². The predicted octanol–water partition coefficient (Wildman–Crippen LogP) is -5.48. The normalized spacial score (nSPS) is 16.0. The lowest BCUT2D eigenvalue weighted by Crippen LogP contribution is -2.58. The third kappa shape index (κ3) is 19.1. The summed E-state index contributed by atoms with van der Waals surface area (Å²) >= 11 is 0. The van der Waals surface area contributed by atoms with Gasteiger partial charge in [-0.2, -0.15) is 0 Å². The van der Waals surface area contributed by atoms with Crippen LogP contribution < -0.4 is 65.5 Å². The Morgan fingerprint density at radius 2 is 1.17 bits per heavy atom. The van der Waals surface area contributed by atoms with E-state index in [-0.39, 0.29) is 44.7 Å². The van der Waals surface area contributed by atoms with Crippen LogP contribution in [0.5, 0.6) is 0 Å². The van der Waals surface area contributed by atoms with Crippen LogP contribution in [0.25, 0.3) is 0 Å². The van der Waals surface area contributed by atoms with Crippen LogP contribution in [0.2, 0.25) is 0 Å². The lowest BCUT2D eigenvalue weighted by molar-refractivity contribution is -0.142. The standard InChI is InChI=1S/C45H66N14O11/c1-25(46)38(64)54-27(3)44(70)59-19-11-17-34(59)43(69)58-33(24-60)41(67)52-23-36(62)55-32(21-29-14-8-5-9-15-29)42(68)57-31(20-28-12-6-4-7-13-28)40(66)51-22-35(61)53-26(2)39(65)56-30(37(47)63)16-10-18-50-45(48)49/h4-9,12-15,25-27,30-34,60H,10-11,16-24,46H2,1-3H3,(H2,47,63)(H,51,66)(H,52,67)(H,53,61)(H,54,64)(H,55,62)(H,56,65)(H,57,68)(H,58,69)(H4,48,49,50). The Labute approximate surface area is 404 Å². The number of guanidine groups is 1. The summed E-state index contributed by atoms with van der Waals surface area (Å²) < 4.78 is 0. The van der Waals surface area contributed by atoms with Crippen LogP contribution >= 0.6 is 0 Å². The van der Waals surface area contributed by atoms with Gasteiger partial charge in [-0.25, -0.2) is 0 Å². The molecule has 8 unspecified atom stereocenters. The van der Waals surface area contributed by atoms with Gasteiger partial charge in [0.25, 0.3) is 0 Å². The molecular formula is C45H66N14O11. The number of nitrogens with zero attached hydrogens (tertiary/aromatic N) is 2. The van der Waals surface area contributed by atoms with Crippen LogP contribution in [0.4, 0.5) is 0 Å². The van der Waals surface area contributed by atoms with E-state index in [9.17, 15) is 53.1 Å². The van der Waals surface area contributed by atoms with E-state index in [4.69, 9.17) is 22.9 Å². The molecule has 25 heteroatoms. The number of hydrogen-bond acceptors (Lipinski definition) is 13. The number of carbonyl (C=O) groups excluding carboxylic acids is 10. The molecule has 1 saturated heterocycles. The minimum atomic E-state index is -1.54. The molecule has 0 bridgehead atoms. The van der Waals surface area contributed by atoms with Gasteiger partial charge in [0, 0.05) is 25.9 Å². The molecule has 17 N–H and O–H groups in total. The molecule has 3 rings (SSSR count). The summed E-state index contributed by atoms with van der Waals surface area (Å²) in [6, 6.07) is 7.91. The van der Waals surface area contributed by atoms with Crippen molar-refractivity contribution in [3.05, 3.63) is 71.8 Å². The number of benzene rings is 2. The van der Waals surface area contributed by atoms with E-state index in [0.29, 0.717) is 24.0 Å². The van der Waals surface area contributed by atoms with Gasteiger partial charge < -0.3 is 75.5 Å². The van der Waals surface area contributed by atoms with E-state index in [1.807, 2.05) is 0 Å². The quantitative estimate of drug-likeness (QED) is 0.0226. The highest BCUT2D eigenvalue weighted by Gasteiger charge is 2.38. The van der Waals surface area contributed by atoms with Gasteiger partial charge in [-0.15, -0.1) is 0 Å². The van der Waals surface area contributed by atoms with Gasteiger partial charge in [0.15, 0.2) is 5.96 Å². The number of primary amides is 1. The van der Waals surface area contributed by atoms with E-state index in [1.165, 1.54) is 25.7 Å². The molecule has 0 spiro atoms. The zero-order chi connectivity index (χ0) is 51.9. The van der Waals surface area contributed by atoms with Crippen LogP contribution in [0.1, 0.15) is 57.6 Å². The Morgan fingerprint density at radius 3 is 1.70 bits per heavy atom. The number of amides is 10. The summed E-state index contributed by atoms with van der Waals surface area (Å²) in [5.74, 6) is -7.72. The molecule has 0 aromatic heterocycles. The number of likely N-dealkylation sites (tertiary alicyclic amines) is 1. The van der Waals surface area contributed by atoms with Crippen LogP contribution in [0, 0.1) is 0 Å². The van der Waals surface area contributed by atoms with Gasteiger partial charge in [-0.3, -0.25) is 52.9 Å². The highest BCUT2D eigenvalue weighted by Crippen LogP contribution is 2.19. The van der Waals surface area contributed by atoms with Crippen molar-refractivity contribution in [1.82, 2.24) is 47.4 Å². The lowest BCUT2D eigenvalue weighted by atomic mass is 10.0. The molecule has 10 amide bonds. The number of aliphatic imine (C=N–C) groups is 1. The lowest BCUT2D eigenvalue weighted by Gasteiger charge is -2.28. The number of aliphatic hydroxyl groups excluding tert-OH is 1. The molecule has 382 valence electrons. The van der Waals surface area contributed by atoms with Crippen molar-refractivity contribution in [3.63, 3.8) is 0 Å². The van der Waals surface area contributed by atoms with Crippen LogP contribution in [0.15, 0.2) is 65.7 Å². The van der Waals surface area contributed by atoms with Gasteiger partial charge in [0.05, 0.1) is 25.7 Å². The van der Waals surface area contributed by atoms with Gasteiger partial charge in [0.2, 0.25) is 59.1 Å². The monoisotopic (exact) mass is 979 g/mol. The fourth-order valence-corrected chi connectivity index (χ4v) is 7.08. The molecule has 2 aromatic rings. The van der Waals surface area contributed by atoms with Crippen molar-refractivity contribution in [2.75, 3.05) is 32.8 Å². The van der Waals surface area contributed by atoms with E-state index in [0.717, 1.165) is 0 Å². The smallest absolute Gasteiger partial charge is 0.245 e. The number of rotatable bonds is 27. The second-order valence-corrected chi connectivity index (χ2v) is 16.7. The first-order valence-electron chi connectivity index (χ1n) is 22.7. The fraction of sp³-hybridized carbons (Fsp3) is 0.489. The second kappa shape index (κ2) is 28.6. The molecule has 1 aliphatic heterocycles. The van der Waals surface area contributed by atoms with E-state index in [1.54, 1.807) is 60.7 Å². The Balaban J connectivity index is 1.66. The fourth-order valence-electron chi connectivity index (χ4n) is 7.08. The Hall–Kier alpha value is -7.67. The van der Waals surface area contributed by atoms with Crippen molar-refractivity contribution < 1.29 is 53.1 Å². The zero-order valence-electron chi connectivity index (χ0n) is 39.4. The summed E-state index contributed by atoms with van der Waals surface area (Å²) in [6.45, 7) is 2.43. The highest BCUT2D eigenvalue weighted by molar-refractivity contribution is 5.97. The molecule has 1 fully saturated rings. The topological polar surface area (TPSA) is 407 Å². The van der Waals surface area contributed by atoms with Crippen molar-refractivity contribution in [2.24, 2.45) is 27.9 Å². The average Bonchev–Trinajstić information content (AvgIpc) is 3.82.